The van der Waals surface area contributed by atoms with Crippen molar-refractivity contribution in [1.82, 2.24) is 9.97 Å². The van der Waals surface area contributed by atoms with Gasteiger partial charge in [0.2, 0.25) is 0 Å². The molecule has 3 nitrogen and oxygen atoms in total. The van der Waals surface area contributed by atoms with E-state index >= 15 is 0 Å². The largest absolute Gasteiger partial charge is 0.364 e. The van der Waals surface area contributed by atoms with Gasteiger partial charge in [-0.3, -0.25) is 4.98 Å². The van der Waals surface area contributed by atoms with Gasteiger partial charge >= 0.3 is 0 Å². The highest BCUT2D eigenvalue weighted by atomic mass is 19.1. The van der Waals surface area contributed by atoms with Crippen molar-refractivity contribution in [1.29, 1.82) is 0 Å². The molecule has 0 saturated carbocycles. The Hall–Kier alpha value is -1.97. The Balaban J connectivity index is 2.02. The van der Waals surface area contributed by atoms with E-state index in [1.807, 2.05) is 19.1 Å². The molecule has 16 heavy (non-hydrogen) atoms. The van der Waals surface area contributed by atoms with E-state index in [1.165, 1.54) is 12.3 Å². The Morgan fingerprint density at radius 1 is 1.25 bits per heavy atom. The van der Waals surface area contributed by atoms with Crippen molar-refractivity contribution in [3.63, 3.8) is 0 Å². The number of anilines is 1. The zero-order chi connectivity index (χ0) is 11.4. The maximum Gasteiger partial charge on any atom is 0.141 e. The molecule has 0 amide bonds. The van der Waals surface area contributed by atoms with Gasteiger partial charge < -0.3 is 5.32 Å². The van der Waals surface area contributed by atoms with Crippen molar-refractivity contribution in [3.8, 4) is 0 Å². The summed E-state index contributed by atoms with van der Waals surface area (Å²) in [5, 5.41) is 3.09. The van der Waals surface area contributed by atoms with Crippen molar-refractivity contribution >= 4 is 5.82 Å². The van der Waals surface area contributed by atoms with Crippen LogP contribution in [0.5, 0.6) is 0 Å². The van der Waals surface area contributed by atoms with E-state index in [0.717, 1.165) is 11.3 Å². The Morgan fingerprint density at radius 3 is 2.81 bits per heavy atom. The number of nitrogens with zero attached hydrogens (tertiary/aromatic N) is 2. The van der Waals surface area contributed by atoms with Crippen LogP contribution in [-0.2, 0) is 6.54 Å². The molecule has 2 heterocycles. The predicted octanol–water partition coefficient (Wildman–Crippen LogP) is 2.54. The smallest absolute Gasteiger partial charge is 0.141 e. The molecule has 0 atom stereocenters. The number of aryl methyl sites for hydroxylation is 1. The summed E-state index contributed by atoms with van der Waals surface area (Å²) in [6, 6.07) is 6.88. The lowest BCUT2D eigenvalue weighted by atomic mass is 10.2. The average molecular weight is 217 g/mol. The second-order valence-electron chi connectivity index (χ2n) is 3.48. The van der Waals surface area contributed by atoms with Gasteiger partial charge in [0.15, 0.2) is 0 Å². The Morgan fingerprint density at radius 2 is 2.12 bits per heavy atom. The first-order valence-electron chi connectivity index (χ1n) is 5.01. The van der Waals surface area contributed by atoms with Gasteiger partial charge in [0.05, 0.1) is 18.4 Å². The third kappa shape index (κ3) is 2.53. The molecule has 0 aliphatic carbocycles. The topological polar surface area (TPSA) is 37.8 Å². The molecule has 0 aliphatic rings. The lowest BCUT2D eigenvalue weighted by Gasteiger charge is -2.06. The summed E-state index contributed by atoms with van der Waals surface area (Å²) >= 11 is 0. The quantitative estimate of drug-likeness (QED) is 0.858. The fourth-order valence-electron chi connectivity index (χ4n) is 1.36. The van der Waals surface area contributed by atoms with Crippen molar-refractivity contribution in [2.75, 3.05) is 5.32 Å². The van der Waals surface area contributed by atoms with E-state index in [-0.39, 0.29) is 5.82 Å². The van der Waals surface area contributed by atoms with Crippen LogP contribution in [0.4, 0.5) is 10.2 Å². The molecule has 2 aromatic rings. The molecule has 0 saturated heterocycles. The van der Waals surface area contributed by atoms with Crippen molar-refractivity contribution in [2.24, 2.45) is 0 Å². The van der Waals surface area contributed by atoms with Gasteiger partial charge in [-0.15, -0.1) is 0 Å². The molecule has 0 spiro atoms. The second kappa shape index (κ2) is 4.70. The minimum absolute atomic E-state index is 0.334. The molecule has 0 bridgehead atoms. The molecule has 0 unspecified atom stereocenters. The normalized spacial score (nSPS) is 10.1. The van der Waals surface area contributed by atoms with Crippen LogP contribution in [0.1, 0.15) is 11.3 Å². The first kappa shape index (κ1) is 10.5. The van der Waals surface area contributed by atoms with Crippen LogP contribution in [0.2, 0.25) is 0 Å². The molecular formula is C12H12FN3. The highest BCUT2D eigenvalue weighted by Crippen LogP contribution is 2.08. The lowest BCUT2D eigenvalue weighted by Crippen LogP contribution is -2.04. The van der Waals surface area contributed by atoms with Crippen LogP contribution in [-0.4, -0.2) is 9.97 Å². The van der Waals surface area contributed by atoms with E-state index in [1.54, 1.807) is 12.3 Å². The van der Waals surface area contributed by atoms with E-state index < -0.39 is 0 Å². The van der Waals surface area contributed by atoms with Gasteiger partial charge in [-0.05, 0) is 30.7 Å². The molecule has 82 valence electrons. The number of halogens is 1. The number of nitrogens with one attached hydrogen (secondary N) is 1. The van der Waals surface area contributed by atoms with Crippen molar-refractivity contribution in [3.05, 3.63) is 53.7 Å². The van der Waals surface area contributed by atoms with E-state index in [0.29, 0.717) is 12.4 Å². The zero-order valence-corrected chi connectivity index (χ0v) is 8.94. The summed E-state index contributed by atoms with van der Waals surface area (Å²) in [5.74, 6) is 0.311. The summed E-state index contributed by atoms with van der Waals surface area (Å²) in [6.45, 7) is 2.59. The number of hydrogen-bond donors (Lipinski definition) is 1. The summed E-state index contributed by atoms with van der Waals surface area (Å²) in [4.78, 5) is 8.16. The SMILES string of the molecule is Cc1cccnc1CNc1ccc(F)cn1. The van der Waals surface area contributed by atoms with Crippen LogP contribution < -0.4 is 5.32 Å². The van der Waals surface area contributed by atoms with Crippen molar-refractivity contribution < 1.29 is 4.39 Å². The number of rotatable bonds is 3. The Labute approximate surface area is 93.4 Å². The maximum absolute atomic E-state index is 12.6. The first-order chi connectivity index (χ1) is 7.75. The lowest BCUT2D eigenvalue weighted by molar-refractivity contribution is 0.621. The fraction of sp³-hybridized carbons (Fsp3) is 0.167. The van der Waals surface area contributed by atoms with Gasteiger partial charge in [0.25, 0.3) is 0 Å². The minimum Gasteiger partial charge on any atom is -0.364 e. The van der Waals surface area contributed by atoms with Gasteiger partial charge in [-0.2, -0.15) is 0 Å². The highest BCUT2D eigenvalue weighted by molar-refractivity contribution is 5.35. The average Bonchev–Trinajstić information content (AvgIpc) is 2.30. The van der Waals surface area contributed by atoms with Gasteiger partial charge in [0, 0.05) is 6.20 Å². The molecule has 4 heteroatoms. The summed E-state index contributed by atoms with van der Waals surface area (Å²) < 4.78 is 12.6. The first-order valence-corrected chi connectivity index (χ1v) is 5.01. The van der Waals surface area contributed by atoms with E-state index in [9.17, 15) is 4.39 Å². The van der Waals surface area contributed by atoms with Gasteiger partial charge in [-0.1, -0.05) is 6.07 Å². The third-order valence-corrected chi connectivity index (χ3v) is 2.28. The maximum atomic E-state index is 12.6. The van der Waals surface area contributed by atoms with Crippen LogP contribution in [0.3, 0.4) is 0 Å². The fourth-order valence-corrected chi connectivity index (χ4v) is 1.36. The van der Waals surface area contributed by atoms with Crippen LogP contribution in [0.15, 0.2) is 36.7 Å². The summed E-state index contributed by atoms with van der Waals surface area (Å²) in [5.41, 5.74) is 2.09. The third-order valence-electron chi connectivity index (χ3n) is 2.28. The number of aromatic nitrogens is 2. The van der Waals surface area contributed by atoms with Gasteiger partial charge in [0.1, 0.15) is 11.6 Å². The zero-order valence-electron chi connectivity index (χ0n) is 8.94. The highest BCUT2D eigenvalue weighted by Gasteiger charge is 1.99. The molecule has 0 fully saturated rings. The van der Waals surface area contributed by atoms with Crippen LogP contribution in [0, 0.1) is 12.7 Å². The van der Waals surface area contributed by atoms with Crippen molar-refractivity contribution in [2.45, 2.75) is 13.5 Å². The number of pyridine rings is 2. The molecule has 1 N–H and O–H groups in total. The Bertz CT molecular complexity index is 468. The molecule has 2 aromatic heterocycles. The molecule has 0 aromatic carbocycles. The van der Waals surface area contributed by atoms with Gasteiger partial charge in [-0.25, -0.2) is 9.37 Å². The predicted molar refractivity (Wildman–Crippen MR) is 60.5 cm³/mol. The summed E-state index contributed by atoms with van der Waals surface area (Å²) in [7, 11) is 0. The second-order valence-corrected chi connectivity index (χ2v) is 3.48. The minimum atomic E-state index is -0.334. The van der Waals surface area contributed by atoms with Crippen LogP contribution >= 0.6 is 0 Å². The van der Waals surface area contributed by atoms with E-state index in [2.05, 4.69) is 15.3 Å². The molecular weight excluding hydrogens is 205 g/mol. The van der Waals surface area contributed by atoms with E-state index in [4.69, 9.17) is 0 Å². The Kier molecular flexibility index (Phi) is 3.10. The standard InChI is InChI=1S/C12H12FN3/c1-9-3-2-6-14-11(9)8-16-12-5-4-10(13)7-15-12/h2-7H,8H2,1H3,(H,15,16). The molecule has 0 aliphatic heterocycles. The van der Waals surface area contributed by atoms with Crippen LogP contribution in [0.25, 0.3) is 0 Å². The molecule has 0 radical (unpaired) electrons. The summed E-state index contributed by atoms with van der Waals surface area (Å²) in [6.07, 6.45) is 2.94. The monoisotopic (exact) mass is 217 g/mol. The molecule has 2 rings (SSSR count). The number of hydrogen-bond acceptors (Lipinski definition) is 3.